The number of anilines is 2. The maximum Gasteiger partial charge on any atom is 0.248 e. The van der Waals surface area contributed by atoms with E-state index in [0.29, 0.717) is 17.1 Å². The monoisotopic (exact) mass is 286 g/mol. The molecule has 0 fully saturated rings. The van der Waals surface area contributed by atoms with Gasteiger partial charge in [0.2, 0.25) is 5.91 Å². The highest BCUT2D eigenvalue weighted by Gasteiger charge is 2.05. The van der Waals surface area contributed by atoms with Crippen molar-refractivity contribution in [3.05, 3.63) is 59.9 Å². The largest absolute Gasteiger partial charge is 0.494 e. The first-order valence-corrected chi connectivity index (χ1v) is 6.26. The second-order valence-corrected chi connectivity index (χ2v) is 4.33. The van der Waals surface area contributed by atoms with Crippen molar-refractivity contribution in [2.24, 2.45) is 0 Å². The van der Waals surface area contributed by atoms with Crippen LogP contribution in [-0.2, 0) is 4.79 Å². The Morgan fingerprint density at radius 2 is 1.95 bits per heavy atom. The van der Waals surface area contributed by atoms with E-state index in [1.165, 1.54) is 25.3 Å². The summed E-state index contributed by atoms with van der Waals surface area (Å²) in [6.07, 6.45) is 2.96. The lowest BCUT2D eigenvalue weighted by Crippen LogP contribution is -2.09. The molecule has 5 heteroatoms. The molecule has 108 valence electrons. The zero-order valence-corrected chi connectivity index (χ0v) is 11.5. The number of benzene rings is 2. The molecule has 2 aromatic carbocycles. The summed E-state index contributed by atoms with van der Waals surface area (Å²) in [5.41, 5.74) is 7.45. The Morgan fingerprint density at radius 1 is 1.24 bits per heavy atom. The molecule has 0 aliphatic heterocycles. The second kappa shape index (κ2) is 6.56. The number of nitrogens with two attached hydrogens (primary N) is 1. The normalized spacial score (nSPS) is 10.6. The third kappa shape index (κ3) is 4.07. The summed E-state index contributed by atoms with van der Waals surface area (Å²) >= 11 is 0. The van der Waals surface area contributed by atoms with Crippen molar-refractivity contribution in [2.45, 2.75) is 0 Å². The van der Waals surface area contributed by atoms with E-state index in [4.69, 9.17) is 10.5 Å². The number of carbonyl (C=O) groups excluding carboxylic acids is 1. The highest BCUT2D eigenvalue weighted by molar-refractivity contribution is 6.02. The summed E-state index contributed by atoms with van der Waals surface area (Å²) in [4.78, 5) is 11.8. The summed E-state index contributed by atoms with van der Waals surface area (Å²) in [6, 6.07) is 10.8. The number of amides is 1. The van der Waals surface area contributed by atoms with Gasteiger partial charge in [0.15, 0.2) is 0 Å². The molecular formula is C16H15FN2O2. The number of rotatable bonds is 4. The minimum Gasteiger partial charge on any atom is -0.494 e. The van der Waals surface area contributed by atoms with Gasteiger partial charge in [-0.25, -0.2) is 4.39 Å². The molecule has 0 aromatic heterocycles. The van der Waals surface area contributed by atoms with Gasteiger partial charge < -0.3 is 15.8 Å². The predicted octanol–water partition coefficient (Wildman–Crippen LogP) is 3.07. The highest BCUT2D eigenvalue weighted by Crippen LogP contribution is 2.26. The Balaban J connectivity index is 2.06. The van der Waals surface area contributed by atoms with Crippen LogP contribution < -0.4 is 15.8 Å². The molecule has 0 aliphatic carbocycles. The average Bonchev–Trinajstić information content (AvgIpc) is 2.48. The van der Waals surface area contributed by atoms with Crippen molar-refractivity contribution < 1.29 is 13.9 Å². The van der Waals surface area contributed by atoms with Crippen LogP contribution in [0.5, 0.6) is 5.75 Å². The van der Waals surface area contributed by atoms with E-state index in [1.807, 2.05) is 0 Å². The standard InChI is InChI=1S/C16H15FN2O2/c1-21-15-10-13(18)7-8-14(15)19-16(20)9-4-11-2-5-12(17)6-3-11/h2-10H,18H2,1H3,(H,19,20)/b9-4+. The lowest BCUT2D eigenvalue weighted by atomic mass is 10.2. The summed E-state index contributed by atoms with van der Waals surface area (Å²) < 4.78 is 17.9. The maximum atomic E-state index is 12.8. The summed E-state index contributed by atoms with van der Waals surface area (Å²) in [5.74, 6) is -0.149. The number of methoxy groups -OCH3 is 1. The highest BCUT2D eigenvalue weighted by atomic mass is 19.1. The molecule has 4 nitrogen and oxygen atoms in total. The Labute approximate surface area is 122 Å². The number of carbonyl (C=O) groups is 1. The van der Waals surface area contributed by atoms with E-state index >= 15 is 0 Å². The van der Waals surface area contributed by atoms with Crippen LogP contribution in [0.1, 0.15) is 5.56 Å². The molecule has 0 heterocycles. The first kappa shape index (κ1) is 14.6. The van der Waals surface area contributed by atoms with Crippen molar-refractivity contribution in [1.29, 1.82) is 0 Å². The fraction of sp³-hybridized carbons (Fsp3) is 0.0625. The Hall–Kier alpha value is -2.82. The first-order chi connectivity index (χ1) is 10.1. The van der Waals surface area contributed by atoms with Gasteiger partial charge in [0.25, 0.3) is 0 Å². The number of halogens is 1. The van der Waals surface area contributed by atoms with E-state index in [0.717, 1.165) is 5.56 Å². The van der Waals surface area contributed by atoms with Crippen LogP contribution in [0.25, 0.3) is 6.08 Å². The average molecular weight is 286 g/mol. The molecular weight excluding hydrogens is 271 g/mol. The second-order valence-electron chi connectivity index (χ2n) is 4.33. The van der Waals surface area contributed by atoms with Gasteiger partial charge in [-0.2, -0.15) is 0 Å². The van der Waals surface area contributed by atoms with E-state index in [9.17, 15) is 9.18 Å². The van der Waals surface area contributed by atoms with Crippen molar-refractivity contribution in [2.75, 3.05) is 18.2 Å². The number of hydrogen-bond acceptors (Lipinski definition) is 3. The predicted molar refractivity (Wildman–Crippen MR) is 81.5 cm³/mol. The van der Waals surface area contributed by atoms with Crippen LogP contribution in [0.3, 0.4) is 0 Å². The van der Waals surface area contributed by atoms with E-state index in [1.54, 1.807) is 36.4 Å². The van der Waals surface area contributed by atoms with Crippen LogP contribution in [0.4, 0.5) is 15.8 Å². The Morgan fingerprint density at radius 3 is 2.62 bits per heavy atom. The summed E-state index contributed by atoms with van der Waals surface area (Å²) in [5, 5.41) is 2.69. The minimum absolute atomic E-state index is 0.316. The van der Waals surface area contributed by atoms with Gasteiger partial charge in [-0.15, -0.1) is 0 Å². The van der Waals surface area contributed by atoms with Crippen molar-refractivity contribution in [3.63, 3.8) is 0 Å². The number of ether oxygens (including phenoxy) is 1. The lowest BCUT2D eigenvalue weighted by Gasteiger charge is -2.09. The zero-order chi connectivity index (χ0) is 15.2. The van der Waals surface area contributed by atoms with Crippen LogP contribution in [-0.4, -0.2) is 13.0 Å². The third-order valence-electron chi connectivity index (χ3n) is 2.78. The number of nitrogens with one attached hydrogen (secondary N) is 1. The quantitative estimate of drug-likeness (QED) is 0.670. The minimum atomic E-state index is -0.317. The maximum absolute atomic E-state index is 12.8. The molecule has 1 amide bonds. The number of nitrogen functional groups attached to an aromatic ring is 1. The van der Waals surface area contributed by atoms with Crippen LogP contribution in [0.2, 0.25) is 0 Å². The van der Waals surface area contributed by atoms with Gasteiger partial charge in [-0.05, 0) is 35.9 Å². The molecule has 0 unspecified atom stereocenters. The first-order valence-electron chi connectivity index (χ1n) is 6.26. The van der Waals surface area contributed by atoms with Gasteiger partial charge in [0, 0.05) is 17.8 Å². The Bertz CT molecular complexity index is 666. The molecule has 0 aliphatic rings. The molecule has 2 aromatic rings. The van der Waals surface area contributed by atoms with Crippen LogP contribution in [0.15, 0.2) is 48.5 Å². The van der Waals surface area contributed by atoms with E-state index in [2.05, 4.69) is 5.32 Å². The van der Waals surface area contributed by atoms with Gasteiger partial charge in [-0.3, -0.25) is 4.79 Å². The van der Waals surface area contributed by atoms with Gasteiger partial charge in [-0.1, -0.05) is 12.1 Å². The van der Waals surface area contributed by atoms with Crippen molar-refractivity contribution in [1.82, 2.24) is 0 Å². The molecule has 0 saturated heterocycles. The van der Waals surface area contributed by atoms with Crippen LogP contribution >= 0.6 is 0 Å². The van der Waals surface area contributed by atoms with Gasteiger partial charge >= 0.3 is 0 Å². The molecule has 3 N–H and O–H groups in total. The lowest BCUT2D eigenvalue weighted by molar-refractivity contribution is -0.111. The van der Waals surface area contributed by atoms with E-state index < -0.39 is 0 Å². The smallest absolute Gasteiger partial charge is 0.248 e. The molecule has 21 heavy (non-hydrogen) atoms. The van der Waals surface area contributed by atoms with Gasteiger partial charge in [0.1, 0.15) is 11.6 Å². The van der Waals surface area contributed by atoms with E-state index in [-0.39, 0.29) is 11.7 Å². The fourth-order valence-electron chi connectivity index (χ4n) is 1.73. The topological polar surface area (TPSA) is 64.3 Å². The molecule has 2 rings (SSSR count). The van der Waals surface area contributed by atoms with Crippen LogP contribution in [0, 0.1) is 5.82 Å². The molecule has 0 bridgehead atoms. The summed E-state index contributed by atoms with van der Waals surface area (Å²) in [7, 11) is 1.50. The SMILES string of the molecule is COc1cc(N)ccc1NC(=O)/C=C/c1ccc(F)cc1. The molecule has 0 atom stereocenters. The Kier molecular flexibility index (Phi) is 4.56. The molecule has 0 saturated carbocycles. The van der Waals surface area contributed by atoms with Gasteiger partial charge in [0.05, 0.1) is 12.8 Å². The number of hydrogen-bond donors (Lipinski definition) is 2. The zero-order valence-electron chi connectivity index (χ0n) is 11.5. The fourth-order valence-corrected chi connectivity index (χ4v) is 1.73. The van der Waals surface area contributed by atoms with Crippen molar-refractivity contribution in [3.8, 4) is 5.75 Å². The van der Waals surface area contributed by atoms with Crippen molar-refractivity contribution >= 4 is 23.4 Å². The molecule has 0 radical (unpaired) electrons. The third-order valence-corrected chi connectivity index (χ3v) is 2.78. The molecule has 0 spiro atoms. The summed E-state index contributed by atoms with van der Waals surface area (Å²) in [6.45, 7) is 0.